The van der Waals surface area contributed by atoms with Gasteiger partial charge >= 0.3 is 0 Å². The summed E-state index contributed by atoms with van der Waals surface area (Å²) in [6, 6.07) is 15.0. The summed E-state index contributed by atoms with van der Waals surface area (Å²) in [5.74, 6) is 1.48. The molecule has 2 aliphatic heterocycles. The molecule has 0 bridgehead atoms. The van der Waals surface area contributed by atoms with Crippen LogP contribution in [0.25, 0.3) is 5.69 Å². The van der Waals surface area contributed by atoms with Gasteiger partial charge in [-0.05, 0) is 30.3 Å². The standard InChI is InChI=1S/C18H13N5O3/c24-15-9-19-16(11-6-7-13-14(8-11)26-10-25-13)17-18(20-15)22-23(21-17)12-4-2-1-3-5-12/h1-8H,9-10H2,(H,20,22,24). The second-order valence-corrected chi connectivity index (χ2v) is 5.80. The highest BCUT2D eigenvalue weighted by Crippen LogP contribution is 2.33. The molecule has 0 unspecified atom stereocenters. The van der Waals surface area contributed by atoms with E-state index < -0.39 is 0 Å². The van der Waals surface area contributed by atoms with Crippen molar-refractivity contribution in [1.29, 1.82) is 0 Å². The van der Waals surface area contributed by atoms with Gasteiger partial charge in [-0.1, -0.05) is 18.2 Å². The lowest BCUT2D eigenvalue weighted by molar-refractivity contribution is -0.114. The molecule has 8 nitrogen and oxygen atoms in total. The van der Waals surface area contributed by atoms with Crippen molar-refractivity contribution < 1.29 is 14.3 Å². The number of hydrogen-bond acceptors (Lipinski definition) is 6. The minimum absolute atomic E-state index is 0.00710. The van der Waals surface area contributed by atoms with Crippen molar-refractivity contribution in [3.63, 3.8) is 0 Å². The number of nitrogens with one attached hydrogen (secondary N) is 1. The highest BCUT2D eigenvalue weighted by atomic mass is 16.7. The van der Waals surface area contributed by atoms with Crippen molar-refractivity contribution in [3.05, 3.63) is 59.8 Å². The first-order chi connectivity index (χ1) is 12.8. The number of para-hydroxylation sites is 1. The molecule has 128 valence electrons. The van der Waals surface area contributed by atoms with E-state index in [1.54, 1.807) is 0 Å². The van der Waals surface area contributed by atoms with Crippen LogP contribution >= 0.6 is 0 Å². The Morgan fingerprint density at radius 3 is 2.73 bits per heavy atom. The minimum Gasteiger partial charge on any atom is -0.454 e. The van der Waals surface area contributed by atoms with Crippen LogP contribution in [0, 0.1) is 0 Å². The number of carbonyl (C=O) groups is 1. The van der Waals surface area contributed by atoms with E-state index >= 15 is 0 Å². The molecule has 2 aromatic carbocycles. The molecule has 1 amide bonds. The smallest absolute Gasteiger partial charge is 0.247 e. The number of benzene rings is 2. The second kappa shape index (κ2) is 5.69. The summed E-state index contributed by atoms with van der Waals surface area (Å²) < 4.78 is 10.8. The van der Waals surface area contributed by atoms with Gasteiger partial charge in [-0.25, -0.2) is 0 Å². The summed E-state index contributed by atoms with van der Waals surface area (Å²) >= 11 is 0. The monoisotopic (exact) mass is 347 g/mol. The van der Waals surface area contributed by atoms with Crippen LogP contribution in [0.5, 0.6) is 11.5 Å². The molecule has 2 aliphatic rings. The van der Waals surface area contributed by atoms with Gasteiger partial charge in [0.25, 0.3) is 0 Å². The highest BCUT2D eigenvalue weighted by Gasteiger charge is 2.25. The molecule has 0 saturated carbocycles. The van der Waals surface area contributed by atoms with Crippen LogP contribution in [0.1, 0.15) is 11.3 Å². The van der Waals surface area contributed by atoms with Crippen molar-refractivity contribution in [2.24, 2.45) is 4.99 Å². The number of fused-ring (bicyclic) bond motifs is 2. The Labute approximate surface area is 148 Å². The lowest BCUT2D eigenvalue weighted by Gasteiger charge is -2.04. The van der Waals surface area contributed by atoms with Crippen LogP contribution in [0.3, 0.4) is 0 Å². The van der Waals surface area contributed by atoms with E-state index in [2.05, 4.69) is 20.5 Å². The first-order valence-corrected chi connectivity index (χ1v) is 8.05. The topological polar surface area (TPSA) is 90.6 Å². The van der Waals surface area contributed by atoms with Gasteiger partial charge in [-0.2, -0.15) is 0 Å². The van der Waals surface area contributed by atoms with Crippen molar-refractivity contribution in [2.75, 3.05) is 18.7 Å². The van der Waals surface area contributed by atoms with Crippen molar-refractivity contribution in [2.45, 2.75) is 0 Å². The quantitative estimate of drug-likeness (QED) is 0.763. The molecule has 26 heavy (non-hydrogen) atoms. The average molecular weight is 347 g/mol. The molecule has 5 rings (SSSR count). The third kappa shape index (κ3) is 2.39. The van der Waals surface area contributed by atoms with Crippen LogP contribution in [-0.2, 0) is 4.79 Å². The maximum absolute atomic E-state index is 12.0. The molecule has 0 saturated heterocycles. The van der Waals surface area contributed by atoms with Crippen LogP contribution in [0.4, 0.5) is 5.82 Å². The first-order valence-electron chi connectivity index (χ1n) is 8.05. The predicted molar refractivity (Wildman–Crippen MR) is 93.1 cm³/mol. The van der Waals surface area contributed by atoms with Crippen molar-refractivity contribution >= 4 is 17.4 Å². The SMILES string of the molecule is O=C1CN=C(c2ccc3c(c2)OCO3)c2nn(-c3ccccc3)nc2N1. The maximum atomic E-state index is 12.0. The van der Waals surface area contributed by atoms with E-state index in [9.17, 15) is 4.79 Å². The highest BCUT2D eigenvalue weighted by molar-refractivity contribution is 6.17. The van der Waals surface area contributed by atoms with E-state index in [-0.39, 0.29) is 19.2 Å². The number of carbonyl (C=O) groups excluding carboxylic acids is 1. The molecular weight excluding hydrogens is 334 g/mol. The van der Waals surface area contributed by atoms with E-state index in [1.165, 1.54) is 4.80 Å². The molecule has 1 N–H and O–H groups in total. The summed E-state index contributed by atoms with van der Waals surface area (Å²) in [6.07, 6.45) is 0. The van der Waals surface area contributed by atoms with Gasteiger partial charge in [-0.3, -0.25) is 9.79 Å². The molecule has 8 heteroatoms. The zero-order chi connectivity index (χ0) is 17.5. The third-order valence-corrected chi connectivity index (χ3v) is 4.11. The zero-order valence-electron chi connectivity index (χ0n) is 13.5. The number of aliphatic imine (C=N–C) groups is 1. The van der Waals surface area contributed by atoms with E-state index in [0.717, 1.165) is 11.3 Å². The van der Waals surface area contributed by atoms with Gasteiger partial charge in [0, 0.05) is 5.56 Å². The average Bonchev–Trinajstić information content (AvgIpc) is 3.26. The fraction of sp³-hybridized carbons (Fsp3) is 0.111. The number of aromatic nitrogens is 3. The maximum Gasteiger partial charge on any atom is 0.247 e. The molecule has 0 atom stereocenters. The molecule has 1 aromatic heterocycles. The van der Waals surface area contributed by atoms with Crippen LogP contribution in [0.2, 0.25) is 0 Å². The van der Waals surface area contributed by atoms with Gasteiger partial charge in [0.1, 0.15) is 6.54 Å². The number of anilines is 1. The van der Waals surface area contributed by atoms with Gasteiger partial charge in [0.2, 0.25) is 12.7 Å². The normalized spacial score (nSPS) is 15.1. The Kier molecular flexibility index (Phi) is 3.21. The summed E-state index contributed by atoms with van der Waals surface area (Å²) in [7, 11) is 0. The van der Waals surface area contributed by atoms with Gasteiger partial charge in [0.05, 0.1) is 11.4 Å². The van der Waals surface area contributed by atoms with E-state index in [1.807, 2.05) is 48.5 Å². The van der Waals surface area contributed by atoms with Crippen molar-refractivity contribution in [1.82, 2.24) is 15.0 Å². The van der Waals surface area contributed by atoms with E-state index in [4.69, 9.17) is 9.47 Å². The molecule has 0 radical (unpaired) electrons. The molecule has 0 aliphatic carbocycles. The van der Waals surface area contributed by atoms with Crippen LogP contribution in [-0.4, -0.2) is 40.0 Å². The summed E-state index contributed by atoms with van der Waals surface area (Å²) in [6.45, 7) is 0.202. The predicted octanol–water partition coefficient (Wildman–Crippen LogP) is 1.79. The summed E-state index contributed by atoms with van der Waals surface area (Å²) in [5, 5.41) is 11.7. The van der Waals surface area contributed by atoms with Crippen LogP contribution < -0.4 is 14.8 Å². The van der Waals surface area contributed by atoms with E-state index in [0.29, 0.717) is 28.7 Å². The third-order valence-electron chi connectivity index (χ3n) is 4.11. The summed E-state index contributed by atoms with van der Waals surface area (Å²) in [5.41, 5.74) is 2.67. The fourth-order valence-corrected chi connectivity index (χ4v) is 2.90. The van der Waals surface area contributed by atoms with Gasteiger partial charge in [0.15, 0.2) is 23.0 Å². The number of amides is 1. The molecule has 3 aromatic rings. The van der Waals surface area contributed by atoms with Gasteiger partial charge in [-0.15, -0.1) is 15.0 Å². The van der Waals surface area contributed by atoms with Crippen LogP contribution in [0.15, 0.2) is 53.5 Å². The summed E-state index contributed by atoms with van der Waals surface area (Å²) in [4.78, 5) is 17.9. The van der Waals surface area contributed by atoms with Gasteiger partial charge < -0.3 is 14.8 Å². The fourth-order valence-electron chi connectivity index (χ4n) is 2.90. The molecule has 3 heterocycles. The minimum atomic E-state index is -0.234. The van der Waals surface area contributed by atoms with Crippen molar-refractivity contribution in [3.8, 4) is 17.2 Å². The number of nitrogens with zero attached hydrogens (tertiary/aromatic N) is 4. The number of rotatable bonds is 2. The lowest BCUT2D eigenvalue weighted by Crippen LogP contribution is -2.14. The Morgan fingerprint density at radius 1 is 1.00 bits per heavy atom. The Balaban J connectivity index is 1.63. The first kappa shape index (κ1) is 14.6. The molecule has 0 spiro atoms. The Hall–Kier alpha value is -3.68. The second-order valence-electron chi connectivity index (χ2n) is 5.80. The largest absolute Gasteiger partial charge is 0.454 e. The number of ether oxygens (including phenoxy) is 2. The Morgan fingerprint density at radius 2 is 1.85 bits per heavy atom. The molecule has 0 fully saturated rings. The molecular formula is C18H13N5O3. The lowest BCUT2D eigenvalue weighted by atomic mass is 10.1. The zero-order valence-corrected chi connectivity index (χ0v) is 13.5. The Bertz CT molecular complexity index is 1040. The number of hydrogen-bond donors (Lipinski definition) is 1.